The molecular formula is C32H38IN5O2. The van der Waals surface area contributed by atoms with Gasteiger partial charge in [0.25, 0.3) is 5.91 Å². The maximum absolute atomic E-state index is 13.6. The largest absolute Gasteiger partial charge is 0.497 e. The first kappa shape index (κ1) is 29.6. The number of hydrogen-bond acceptors (Lipinski definition) is 6. The quantitative estimate of drug-likeness (QED) is 0.121. The van der Waals surface area contributed by atoms with Gasteiger partial charge >= 0.3 is 0 Å². The van der Waals surface area contributed by atoms with E-state index in [1.165, 1.54) is 19.3 Å². The Hall–Kier alpha value is -3.40. The third kappa shape index (κ3) is 8.06. The number of nitrogens with one attached hydrogen (secondary N) is 1. The highest BCUT2D eigenvalue weighted by molar-refractivity contribution is 14.1. The number of benzene rings is 2. The van der Waals surface area contributed by atoms with Gasteiger partial charge in [0, 0.05) is 35.9 Å². The Labute approximate surface area is 251 Å². The van der Waals surface area contributed by atoms with Crippen molar-refractivity contribution in [3.63, 3.8) is 0 Å². The van der Waals surface area contributed by atoms with Crippen molar-refractivity contribution in [2.75, 3.05) is 41.9 Å². The number of halogens is 1. The van der Waals surface area contributed by atoms with Crippen LogP contribution in [0.4, 0.5) is 17.5 Å². The molecule has 1 aliphatic heterocycles. The van der Waals surface area contributed by atoms with E-state index in [-0.39, 0.29) is 5.91 Å². The molecule has 0 spiro atoms. The Balaban J connectivity index is 1.50. The molecule has 1 N–H and O–H groups in total. The van der Waals surface area contributed by atoms with E-state index in [0.717, 1.165) is 46.5 Å². The number of hydrogen-bond donors (Lipinski definition) is 1. The van der Waals surface area contributed by atoms with E-state index in [4.69, 9.17) is 4.74 Å². The summed E-state index contributed by atoms with van der Waals surface area (Å²) in [6.07, 6.45) is 11.3. The molecule has 0 bridgehead atoms. The number of carbonyl (C=O) groups is 1. The van der Waals surface area contributed by atoms with Crippen molar-refractivity contribution in [1.29, 1.82) is 0 Å². The third-order valence-electron chi connectivity index (χ3n) is 7.13. The molecule has 1 amide bonds. The molecule has 8 heteroatoms. The van der Waals surface area contributed by atoms with Gasteiger partial charge in [-0.25, -0.2) is 4.98 Å². The van der Waals surface area contributed by atoms with Crippen molar-refractivity contribution in [1.82, 2.24) is 9.97 Å². The van der Waals surface area contributed by atoms with Crippen LogP contribution in [0.2, 0.25) is 0 Å². The summed E-state index contributed by atoms with van der Waals surface area (Å²) in [7, 11) is 1.65. The molecular weight excluding hydrogens is 613 g/mol. The van der Waals surface area contributed by atoms with E-state index in [1.54, 1.807) is 19.4 Å². The highest BCUT2D eigenvalue weighted by atomic mass is 127. The van der Waals surface area contributed by atoms with E-state index >= 15 is 0 Å². The second kappa shape index (κ2) is 14.8. The first-order chi connectivity index (χ1) is 19.5. The average Bonchev–Trinajstić information content (AvgIpc) is 2.97. The van der Waals surface area contributed by atoms with Crippen LogP contribution in [0, 0.1) is 9.49 Å². The number of unbranched alkanes of at least 4 members (excludes halogenated alkanes) is 1. The topological polar surface area (TPSA) is 70.6 Å². The third-order valence-corrected chi connectivity index (χ3v) is 7.80. The molecule has 4 rings (SSSR count). The molecule has 210 valence electrons. The van der Waals surface area contributed by atoms with Crippen molar-refractivity contribution < 1.29 is 9.53 Å². The highest BCUT2D eigenvalue weighted by Gasteiger charge is 2.24. The lowest BCUT2D eigenvalue weighted by molar-refractivity contribution is 0.102. The number of methoxy groups -OCH3 is 1. The van der Waals surface area contributed by atoms with Gasteiger partial charge in [0.05, 0.1) is 18.4 Å². The van der Waals surface area contributed by atoms with Gasteiger partial charge in [0.1, 0.15) is 11.6 Å². The summed E-state index contributed by atoms with van der Waals surface area (Å²) in [5.74, 6) is 2.26. The minimum absolute atomic E-state index is 0.171. The molecule has 1 saturated heterocycles. The Morgan fingerprint density at radius 1 is 1.20 bits per heavy atom. The van der Waals surface area contributed by atoms with Crippen LogP contribution >= 0.6 is 22.6 Å². The van der Waals surface area contributed by atoms with Gasteiger partial charge in [0.15, 0.2) is 0 Å². The number of nitrogens with zero attached hydrogens (tertiary/aromatic N) is 4. The lowest BCUT2D eigenvalue weighted by Gasteiger charge is -2.35. The lowest BCUT2D eigenvalue weighted by Crippen LogP contribution is -2.36. The van der Waals surface area contributed by atoms with Crippen molar-refractivity contribution in [3.8, 4) is 5.75 Å². The second-order valence-electron chi connectivity index (χ2n) is 10.0. The number of aromatic nitrogens is 2. The summed E-state index contributed by atoms with van der Waals surface area (Å²) in [6.45, 7) is 10.8. The molecule has 0 saturated carbocycles. The number of piperidine rings is 1. The Morgan fingerprint density at radius 3 is 2.77 bits per heavy atom. The zero-order valence-electron chi connectivity index (χ0n) is 23.2. The summed E-state index contributed by atoms with van der Waals surface area (Å²) >= 11 is 2.32. The Kier molecular flexibility index (Phi) is 11.0. The van der Waals surface area contributed by atoms with Crippen LogP contribution in [-0.2, 0) is 6.54 Å². The average molecular weight is 652 g/mol. The number of allylic oxidation sites excluding steroid dienone is 1. The molecule has 2 aromatic carbocycles. The minimum atomic E-state index is -0.171. The second-order valence-corrected chi connectivity index (χ2v) is 11.3. The monoisotopic (exact) mass is 651 g/mol. The van der Waals surface area contributed by atoms with Crippen molar-refractivity contribution in [2.45, 2.75) is 38.6 Å². The molecule has 0 aliphatic carbocycles. The number of carbonyl (C=O) groups excluding carboxylic acids is 1. The molecule has 40 heavy (non-hydrogen) atoms. The van der Waals surface area contributed by atoms with Gasteiger partial charge in [-0.2, -0.15) is 4.98 Å². The first-order valence-corrected chi connectivity index (χ1v) is 14.9. The van der Waals surface area contributed by atoms with Gasteiger partial charge in [-0.15, -0.1) is 13.2 Å². The van der Waals surface area contributed by atoms with Gasteiger partial charge < -0.3 is 19.9 Å². The molecule has 0 radical (unpaired) electrons. The number of anilines is 3. The zero-order chi connectivity index (χ0) is 28.3. The molecule has 1 atom stereocenters. The minimum Gasteiger partial charge on any atom is -0.497 e. The van der Waals surface area contributed by atoms with Crippen LogP contribution in [0.15, 0.2) is 80.0 Å². The zero-order valence-corrected chi connectivity index (χ0v) is 25.3. The van der Waals surface area contributed by atoms with Gasteiger partial charge in [0.2, 0.25) is 5.95 Å². The fourth-order valence-corrected chi connectivity index (χ4v) is 5.58. The van der Waals surface area contributed by atoms with Crippen LogP contribution in [0.25, 0.3) is 0 Å². The van der Waals surface area contributed by atoms with Crippen molar-refractivity contribution in [2.24, 2.45) is 5.92 Å². The molecule has 7 nitrogen and oxygen atoms in total. The molecule has 3 aromatic rings. The van der Waals surface area contributed by atoms with Crippen LogP contribution in [-0.4, -0.2) is 42.6 Å². The smallest absolute Gasteiger partial charge is 0.258 e. The number of ether oxygens (including phenoxy) is 1. The summed E-state index contributed by atoms with van der Waals surface area (Å²) < 4.78 is 6.38. The van der Waals surface area contributed by atoms with E-state index in [1.807, 2.05) is 53.5 Å². The van der Waals surface area contributed by atoms with Gasteiger partial charge in [-0.05, 0) is 103 Å². The van der Waals surface area contributed by atoms with Crippen LogP contribution in [0.1, 0.15) is 48.0 Å². The van der Waals surface area contributed by atoms with E-state index < -0.39 is 0 Å². The van der Waals surface area contributed by atoms with Crippen LogP contribution in [0.5, 0.6) is 5.75 Å². The SMILES string of the molecule is C=CCCCC1CCCN(c2cc(I)ccc2C(=O)Nc2ccnc(N(CC=C)Cc3ccc(OC)cc3)n2)C1. The first-order valence-electron chi connectivity index (χ1n) is 13.8. The predicted octanol–water partition coefficient (Wildman–Crippen LogP) is 7.11. The van der Waals surface area contributed by atoms with Crippen molar-refractivity contribution in [3.05, 3.63) is 94.7 Å². The number of rotatable bonds is 13. The van der Waals surface area contributed by atoms with E-state index in [2.05, 4.69) is 62.0 Å². The summed E-state index contributed by atoms with van der Waals surface area (Å²) in [6, 6.07) is 15.7. The molecule has 1 fully saturated rings. The molecule has 2 heterocycles. The summed E-state index contributed by atoms with van der Waals surface area (Å²) in [4.78, 5) is 27.2. The van der Waals surface area contributed by atoms with Gasteiger partial charge in [-0.3, -0.25) is 4.79 Å². The fourth-order valence-electron chi connectivity index (χ4n) is 5.11. The molecule has 1 unspecified atom stereocenters. The van der Waals surface area contributed by atoms with Crippen LogP contribution < -0.4 is 19.9 Å². The molecule has 1 aromatic heterocycles. The Morgan fingerprint density at radius 2 is 2.02 bits per heavy atom. The normalized spacial score (nSPS) is 14.8. The van der Waals surface area contributed by atoms with Gasteiger partial charge in [-0.1, -0.05) is 24.3 Å². The lowest BCUT2D eigenvalue weighted by atomic mass is 9.92. The fraction of sp³-hybridized carbons (Fsp3) is 0.344. The predicted molar refractivity (Wildman–Crippen MR) is 172 cm³/mol. The standard InChI is InChI=1S/C32H38IN5O2/c1-4-6-7-9-24-10-8-20-37(22-24)29-21-26(33)13-16-28(29)31(39)35-30-17-18-34-32(36-30)38(19-5-2)23-25-11-14-27(40-3)15-12-25/h4-5,11-18,21,24H,1-2,6-10,19-20,22-23H2,3H3,(H,34,35,36,39). The van der Waals surface area contributed by atoms with Crippen molar-refractivity contribution >= 4 is 46.0 Å². The van der Waals surface area contributed by atoms with E-state index in [9.17, 15) is 4.79 Å². The number of amides is 1. The summed E-state index contributed by atoms with van der Waals surface area (Å²) in [5, 5.41) is 3.03. The maximum Gasteiger partial charge on any atom is 0.258 e. The van der Waals surface area contributed by atoms with Crippen LogP contribution in [0.3, 0.4) is 0 Å². The molecule has 1 aliphatic rings. The summed E-state index contributed by atoms with van der Waals surface area (Å²) in [5.41, 5.74) is 2.74. The van der Waals surface area contributed by atoms with E-state index in [0.29, 0.717) is 36.3 Å². The highest BCUT2D eigenvalue weighted by Crippen LogP contribution is 2.31. The maximum atomic E-state index is 13.6. The Bertz CT molecular complexity index is 1300.